The first-order valence-corrected chi connectivity index (χ1v) is 7.43. The average Bonchev–Trinajstić information content (AvgIpc) is 3.09. The summed E-state index contributed by atoms with van der Waals surface area (Å²) in [6, 6.07) is 15.7. The third-order valence-corrected chi connectivity index (χ3v) is 3.60. The third-order valence-electron chi connectivity index (χ3n) is 3.60. The third kappa shape index (κ3) is 2.81. The minimum absolute atomic E-state index is 0.275. The number of aromatic nitrogens is 4. The molecule has 0 saturated heterocycles. The number of halogens is 1. The zero-order valence-electron chi connectivity index (χ0n) is 12.6. The van der Waals surface area contributed by atoms with Crippen molar-refractivity contribution < 1.29 is 9.13 Å². The zero-order chi connectivity index (χ0) is 16.4. The van der Waals surface area contributed by atoms with Gasteiger partial charge < -0.3 is 4.74 Å². The van der Waals surface area contributed by atoms with E-state index in [-0.39, 0.29) is 12.4 Å². The van der Waals surface area contributed by atoms with Gasteiger partial charge in [0.2, 0.25) is 0 Å². The Balaban J connectivity index is 1.53. The summed E-state index contributed by atoms with van der Waals surface area (Å²) in [5.74, 6) is 0.412. The summed E-state index contributed by atoms with van der Waals surface area (Å²) < 4.78 is 20.4. The van der Waals surface area contributed by atoms with E-state index in [0.29, 0.717) is 11.4 Å². The fourth-order valence-electron chi connectivity index (χ4n) is 2.43. The predicted molar refractivity (Wildman–Crippen MR) is 87.4 cm³/mol. The highest BCUT2D eigenvalue weighted by Crippen LogP contribution is 2.23. The summed E-state index contributed by atoms with van der Waals surface area (Å²) in [6.07, 6.45) is 3.49. The summed E-state index contributed by atoms with van der Waals surface area (Å²) >= 11 is 0. The molecule has 0 aliphatic rings. The van der Waals surface area contributed by atoms with Crippen LogP contribution in [-0.2, 0) is 6.61 Å². The minimum atomic E-state index is -0.286. The Morgan fingerprint density at radius 3 is 2.71 bits per heavy atom. The van der Waals surface area contributed by atoms with E-state index in [1.807, 2.05) is 30.3 Å². The molecule has 2 aromatic carbocycles. The SMILES string of the molecule is Fc1ccc(-n2cc(COc3cccc4cccnc34)nn2)cc1. The van der Waals surface area contributed by atoms with Crippen molar-refractivity contribution in [3.63, 3.8) is 0 Å². The summed E-state index contributed by atoms with van der Waals surface area (Å²) in [5.41, 5.74) is 2.22. The fourth-order valence-corrected chi connectivity index (χ4v) is 2.43. The van der Waals surface area contributed by atoms with E-state index >= 15 is 0 Å². The monoisotopic (exact) mass is 320 g/mol. The quantitative estimate of drug-likeness (QED) is 0.577. The highest BCUT2D eigenvalue weighted by molar-refractivity contribution is 5.84. The number of hydrogen-bond acceptors (Lipinski definition) is 4. The smallest absolute Gasteiger partial charge is 0.146 e. The highest BCUT2D eigenvalue weighted by atomic mass is 19.1. The van der Waals surface area contributed by atoms with Gasteiger partial charge in [0.1, 0.15) is 29.4 Å². The van der Waals surface area contributed by atoms with E-state index in [0.717, 1.165) is 16.6 Å². The van der Waals surface area contributed by atoms with Crippen LogP contribution in [0.2, 0.25) is 0 Å². The first-order valence-electron chi connectivity index (χ1n) is 7.43. The zero-order valence-corrected chi connectivity index (χ0v) is 12.6. The molecule has 4 aromatic rings. The van der Waals surface area contributed by atoms with Gasteiger partial charge in [0.25, 0.3) is 0 Å². The maximum absolute atomic E-state index is 13.0. The van der Waals surface area contributed by atoms with Crippen LogP contribution in [0.25, 0.3) is 16.6 Å². The second-order valence-electron chi connectivity index (χ2n) is 5.25. The van der Waals surface area contributed by atoms with E-state index in [4.69, 9.17) is 4.74 Å². The van der Waals surface area contributed by atoms with E-state index < -0.39 is 0 Å². The molecule has 0 fully saturated rings. The lowest BCUT2D eigenvalue weighted by Crippen LogP contribution is -1.97. The Morgan fingerprint density at radius 2 is 1.83 bits per heavy atom. The normalized spacial score (nSPS) is 10.9. The van der Waals surface area contributed by atoms with Crippen molar-refractivity contribution in [3.05, 3.63) is 78.5 Å². The molecular formula is C18H13FN4O. The van der Waals surface area contributed by atoms with Gasteiger partial charge in [-0.1, -0.05) is 23.4 Å². The molecule has 24 heavy (non-hydrogen) atoms. The Labute approximate surface area is 137 Å². The van der Waals surface area contributed by atoms with Gasteiger partial charge in [-0.05, 0) is 36.4 Å². The molecule has 0 saturated carbocycles. The van der Waals surface area contributed by atoms with Gasteiger partial charge in [-0.15, -0.1) is 5.10 Å². The van der Waals surface area contributed by atoms with Gasteiger partial charge in [-0.3, -0.25) is 4.98 Å². The van der Waals surface area contributed by atoms with E-state index in [1.54, 1.807) is 29.2 Å². The van der Waals surface area contributed by atoms with E-state index in [1.165, 1.54) is 12.1 Å². The maximum Gasteiger partial charge on any atom is 0.146 e. The van der Waals surface area contributed by atoms with Crippen molar-refractivity contribution in [1.29, 1.82) is 0 Å². The van der Waals surface area contributed by atoms with Crippen molar-refractivity contribution in [3.8, 4) is 11.4 Å². The average molecular weight is 320 g/mol. The molecule has 6 heteroatoms. The summed E-state index contributed by atoms with van der Waals surface area (Å²) in [4.78, 5) is 4.35. The van der Waals surface area contributed by atoms with Crippen molar-refractivity contribution in [2.45, 2.75) is 6.61 Å². The lowest BCUT2D eigenvalue weighted by molar-refractivity contribution is 0.304. The molecule has 0 unspecified atom stereocenters. The van der Waals surface area contributed by atoms with Crippen molar-refractivity contribution in [1.82, 2.24) is 20.0 Å². The fraction of sp³-hybridized carbons (Fsp3) is 0.0556. The van der Waals surface area contributed by atoms with Crippen LogP contribution in [-0.4, -0.2) is 20.0 Å². The van der Waals surface area contributed by atoms with Crippen LogP contribution in [0.4, 0.5) is 4.39 Å². The van der Waals surface area contributed by atoms with Crippen LogP contribution in [0, 0.1) is 5.82 Å². The predicted octanol–water partition coefficient (Wildman–Crippen LogP) is 3.53. The molecule has 0 amide bonds. The summed E-state index contributed by atoms with van der Waals surface area (Å²) in [7, 11) is 0. The topological polar surface area (TPSA) is 52.8 Å². The number of pyridine rings is 1. The van der Waals surface area contributed by atoms with Gasteiger partial charge in [0, 0.05) is 11.6 Å². The number of nitrogens with zero attached hydrogens (tertiary/aromatic N) is 4. The molecule has 2 aromatic heterocycles. The van der Waals surface area contributed by atoms with Gasteiger partial charge in [-0.2, -0.15) is 0 Å². The van der Waals surface area contributed by atoms with Gasteiger partial charge >= 0.3 is 0 Å². The number of fused-ring (bicyclic) bond motifs is 1. The van der Waals surface area contributed by atoms with Gasteiger partial charge in [0.05, 0.1) is 11.9 Å². The van der Waals surface area contributed by atoms with E-state index in [9.17, 15) is 4.39 Å². The standard InChI is InChI=1S/C18H13FN4O/c19-14-6-8-16(9-7-14)23-11-15(21-22-23)12-24-17-5-1-3-13-4-2-10-20-18(13)17/h1-11H,12H2. The van der Waals surface area contributed by atoms with Crippen molar-refractivity contribution in [2.75, 3.05) is 0 Å². The number of rotatable bonds is 4. The van der Waals surface area contributed by atoms with Crippen LogP contribution in [0.15, 0.2) is 67.0 Å². The lowest BCUT2D eigenvalue weighted by Gasteiger charge is -2.06. The first kappa shape index (κ1) is 14.3. The highest BCUT2D eigenvalue weighted by Gasteiger charge is 2.07. The van der Waals surface area contributed by atoms with Gasteiger partial charge in [-0.25, -0.2) is 9.07 Å². The molecule has 0 spiro atoms. The molecule has 4 rings (SSSR count). The van der Waals surface area contributed by atoms with Crippen LogP contribution in [0.5, 0.6) is 5.75 Å². The first-order chi connectivity index (χ1) is 11.8. The summed E-state index contributed by atoms with van der Waals surface area (Å²) in [6.45, 7) is 0.275. The van der Waals surface area contributed by atoms with Crippen LogP contribution in [0.3, 0.4) is 0 Å². The molecule has 0 radical (unpaired) electrons. The molecule has 0 aliphatic carbocycles. The molecule has 0 bridgehead atoms. The molecule has 0 N–H and O–H groups in total. The number of benzene rings is 2. The Morgan fingerprint density at radius 1 is 1.00 bits per heavy atom. The molecule has 5 nitrogen and oxygen atoms in total. The number of hydrogen-bond donors (Lipinski definition) is 0. The second kappa shape index (κ2) is 6.08. The van der Waals surface area contributed by atoms with Gasteiger partial charge in [0.15, 0.2) is 0 Å². The molecule has 0 atom stereocenters. The van der Waals surface area contributed by atoms with Crippen LogP contribution >= 0.6 is 0 Å². The molecular weight excluding hydrogens is 307 g/mol. The molecule has 0 aliphatic heterocycles. The minimum Gasteiger partial charge on any atom is -0.485 e. The number of ether oxygens (including phenoxy) is 1. The van der Waals surface area contributed by atoms with E-state index in [2.05, 4.69) is 15.3 Å². The van der Waals surface area contributed by atoms with Crippen molar-refractivity contribution in [2.24, 2.45) is 0 Å². The maximum atomic E-state index is 13.0. The van der Waals surface area contributed by atoms with Crippen LogP contribution < -0.4 is 4.74 Å². The Bertz CT molecular complexity index is 976. The molecule has 118 valence electrons. The van der Waals surface area contributed by atoms with Crippen LogP contribution in [0.1, 0.15) is 5.69 Å². The lowest BCUT2D eigenvalue weighted by atomic mass is 10.2. The number of para-hydroxylation sites is 1. The molecule has 2 heterocycles. The second-order valence-corrected chi connectivity index (χ2v) is 5.25. The Hall–Kier alpha value is -3.28. The van der Waals surface area contributed by atoms with Crippen molar-refractivity contribution >= 4 is 10.9 Å². The largest absolute Gasteiger partial charge is 0.485 e. The summed E-state index contributed by atoms with van der Waals surface area (Å²) in [5, 5.41) is 9.14. The Kier molecular flexibility index (Phi) is 3.63.